The van der Waals surface area contributed by atoms with E-state index in [-0.39, 0.29) is 23.8 Å². The normalized spacial score (nSPS) is 24.0. The molecule has 22 heavy (non-hydrogen) atoms. The number of anilines is 1. The van der Waals surface area contributed by atoms with Crippen molar-refractivity contribution >= 4 is 17.5 Å². The number of hydrogen-bond acceptors (Lipinski definition) is 3. The van der Waals surface area contributed by atoms with Crippen LogP contribution in [0.3, 0.4) is 0 Å². The lowest BCUT2D eigenvalue weighted by molar-refractivity contribution is -0.122. The second-order valence-corrected chi connectivity index (χ2v) is 6.29. The number of fused-ring (bicyclic) bond motifs is 1. The van der Waals surface area contributed by atoms with Crippen molar-refractivity contribution in [1.29, 1.82) is 0 Å². The van der Waals surface area contributed by atoms with Gasteiger partial charge in [-0.05, 0) is 56.2 Å². The summed E-state index contributed by atoms with van der Waals surface area (Å²) in [5.41, 5.74) is 8.33. The standard InChI is InChI=1S/C17H23N3O2/c18-16(21)11-6-8-12(9-7-11)20-17(22)14-3-1-5-15-13(14)4-2-10-19-15/h1,3,5,11-12,19H,2,4,6-10H2,(H2,18,21)(H,20,22). The van der Waals surface area contributed by atoms with Crippen molar-refractivity contribution in [1.82, 2.24) is 5.32 Å². The van der Waals surface area contributed by atoms with Crippen LogP contribution in [0.4, 0.5) is 5.69 Å². The third-order valence-electron chi connectivity index (χ3n) is 4.80. The molecule has 3 rings (SSSR count). The first kappa shape index (κ1) is 14.9. The van der Waals surface area contributed by atoms with Gasteiger partial charge in [0.15, 0.2) is 0 Å². The van der Waals surface area contributed by atoms with Crippen molar-refractivity contribution in [2.24, 2.45) is 11.7 Å². The molecule has 0 unspecified atom stereocenters. The predicted molar refractivity (Wildman–Crippen MR) is 85.7 cm³/mol. The summed E-state index contributed by atoms with van der Waals surface area (Å²) in [7, 11) is 0. The molecule has 2 amide bonds. The van der Waals surface area contributed by atoms with Crippen LogP contribution < -0.4 is 16.4 Å². The van der Waals surface area contributed by atoms with Crippen LogP contribution in [0.15, 0.2) is 18.2 Å². The summed E-state index contributed by atoms with van der Waals surface area (Å²) in [6.07, 6.45) is 5.20. The summed E-state index contributed by atoms with van der Waals surface area (Å²) >= 11 is 0. The zero-order valence-corrected chi connectivity index (χ0v) is 12.7. The fourth-order valence-electron chi connectivity index (χ4n) is 3.51. The molecule has 1 fully saturated rings. The molecule has 1 aromatic rings. The number of carbonyl (C=O) groups excluding carboxylic acids is 2. The maximum atomic E-state index is 12.6. The van der Waals surface area contributed by atoms with E-state index >= 15 is 0 Å². The van der Waals surface area contributed by atoms with Gasteiger partial charge in [-0.2, -0.15) is 0 Å². The molecule has 0 saturated heterocycles. The Labute approximate surface area is 130 Å². The average Bonchev–Trinajstić information content (AvgIpc) is 2.54. The Morgan fingerprint density at radius 1 is 1.18 bits per heavy atom. The molecule has 2 aliphatic rings. The summed E-state index contributed by atoms with van der Waals surface area (Å²) in [5, 5.41) is 6.47. The molecule has 1 heterocycles. The monoisotopic (exact) mass is 301 g/mol. The van der Waals surface area contributed by atoms with Crippen LogP contribution in [0.1, 0.15) is 48.0 Å². The first-order valence-corrected chi connectivity index (χ1v) is 8.11. The van der Waals surface area contributed by atoms with E-state index in [0.717, 1.165) is 61.9 Å². The largest absolute Gasteiger partial charge is 0.385 e. The van der Waals surface area contributed by atoms with Gasteiger partial charge in [-0.15, -0.1) is 0 Å². The molecule has 0 atom stereocenters. The van der Waals surface area contributed by atoms with Gasteiger partial charge in [-0.1, -0.05) is 6.07 Å². The van der Waals surface area contributed by atoms with E-state index in [2.05, 4.69) is 10.6 Å². The van der Waals surface area contributed by atoms with Gasteiger partial charge in [0.1, 0.15) is 0 Å². The second kappa shape index (κ2) is 6.38. The minimum atomic E-state index is -0.215. The van der Waals surface area contributed by atoms with E-state index in [1.165, 1.54) is 0 Å². The van der Waals surface area contributed by atoms with Crippen LogP contribution in [-0.4, -0.2) is 24.4 Å². The number of carbonyl (C=O) groups is 2. The summed E-state index contributed by atoms with van der Waals surface area (Å²) in [4.78, 5) is 23.8. The average molecular weight is 301 g/mol. The van der Waals surface area contributed by atoms with Gasteiger partial charge in [0.05, 0.1) is 0 Å². The number of primary amides is 1. The number of amides is 2. The smallest absolute Gasteiger partial charge is 0.251 e. The van der Waals surface area contributed by atoms with Crippen molar-refractivity contribution in [3.63, 3.8) is 0 Å². The van der Waals surface area contributed by atoms with E-state index in [9.17, 15) is 9.59 Å². The van der Waals surface area contributed by atoms with E-state index in [1.54, 1.807) is 0 Å². The highest BCUT2D eigenvalue weighted by molar-refractivity contribution is 5.97. The maximum absolute atomic E-state index is 12.6. The van der Waals surface area contributed by atoms with E-state index in [4.69, 9.17) is 5.73 Å². The SMILES string of the molecule is NC(=O)C1CCC(NC(=O)c2cccc3c2CCCN3)CC1. The minimum Gasteiger partial charge on any atom is -0.385 e. The fourth-order valence-corrected chi connectivity index (χ4v) is 3.51. The Kier molecular flexibility index (Phi) is 4.32. The van der Waals surface area contributed by atoms with Crippen LogP contribution >= 0.6 is 0 Å². The van der Waals surface area contributed by atoms with Gasteiger partial charge < -0.3 is 16.4 Å². The third-order valence-corrected chi connectivity index (χ3v) is 4.80. The first-order valence-electron chi connectivity index (χ1n) is 8.11. The summed E-state index contributed by atoms with van der Waals surface area (Å²) in [6, 6.07) is 6.01. The van der Waals surface area contributed by atoms with E-state index < -0.39 is 0 Å². The van der Waals surface area contributed by atoms with Crippen LogP contribution in [-0.2, 0) is 11.2 Å². The Morgan fingerprint density at radius 3 is 2.68 bits per heavy atom. The molecule has 1 aliphatic carbocycles. The molecule has 0 bridgehead atoms. The van der Waals surface area contributed by atoms with E-state index in [0.29, 0.717) is 0 Å². The molecule has 1 aliphatic heterocycles. The van der Waals surface area contributed by atoms with Crippen molar-refractivity contribution in [2.75, 3.05) is 11.9 Å². The first-order chi connectivity index (χ1) is 10.6. The molecule has 5 nitrogen and oxygen atoms in total. The highest BCUT2D eigenvalue weighted by Gasteiger charge is 2.26. The molecule has 0 radical (unpaired) electrons. The summed E-state index contributed by atoms with van der Waals surface area (Å²) < 4.78 is 0. The molecular formula is C17H23N3O2. The van der Waals surface area contributed by atoms with Crippen LogP contribution in [0.2, 0.25) is 0 Å². The van der Waals surface area contributed by atoms with Gasteiger partial charge >= 0.3 is 0 Å². The molecule has 118 valence electrons. The third kappa shape index (κ3) is 3.08. The molecule has 1 aromatic carbocycles. The molecule has 5 heteroatoms. The summed E-state index contributed by atoms with van der Waals surface area (Å²) in [6.45, 7) is 0.967. The van der Waals surface area contributed by atoms with Gasteiger partial charge in [-0.25, -0.2) is 0 Å². The lowest BCUT2D eigenvalue weighted by Crippen LogP contribution is -2.40. The molecule has 0 spiro atoms. The number of hydrogen-bond donors (Lipinski definition) is 3. The van der Waals surface area contributed by atoms with Gasteiger partial charge in [0.2, 0.25) is 5.91 Å². The lowest BCUT2D eigenvalue weighted by atomic mass is 9.85. The van der Waals surface area contributed by atoms with Gasteiger partial charge in [0.25, 0.3) is 5.91 Å². The van der Waals surface area contributed by atoms with Crippen LogP contribution in [0, 0.1) is 5.92 Å². The molecule has 1 saturated carbocycles. The maximum Gasteiger partial charge on any atom is 0.251 e. The highest BCUT2D eigenvalue weighted by atomic mass is 16.2. The van der Waals surface area contributed by atoms with Crippen molar-refractivity contribution in [2.45, 2.75) is 44.6 Å². The van der Waals surface area contributed by atoms with Crippen molar-refractivity contribution < 1.29 is 9.59 Å². The zero-order valence-electron chi connectivity index (χ0n) is 12.7. The van der Waals surface area contributed by atoms with Gasteiger partial charge in [0, 0.05) is 29.8 Å². The molecular weight excluding hydrogens is 278 g/mol. The second-order valence-electron chi connectivity index (χ2n) is 6.29. The Hall–Kier alpha value is -2.04. The highest BCUT2D eigenvalue weighted by Crippen LogP contribution is 2.27. The topological polar surface area (TPSA) is 84.2 Å². The Morgan fingerprint density at radius 2 is 1.95 bits per heavy atom. The van der Waals surface area contributed by atoms with Crippen molar-refractivity contribution in [3.05, 3.63) is 29.3 Å². The quantitative estimate of drug-likeness (QED) is 0.796. The Bertz CT molecular complexity index is 577. The predicted octanol–water partition coefficient (Wildman–Crippen LogP) is 1.82. The number of rotatable bonds is 3. The zero-order chi connectivity index (χ0) is 15.5. The van der Waals surface area contributed by atoms with Crippen LogP contribution in [0.5, 0.6) is 0 Å². The minimum absolute atomic E-state index is 0.00285. The number of nitrogens with one attached hydrogen (secondary N) is 2. The van der Waals surface area contributed by atoms with Crippen molar-refractivity contribution in [3.8, 4) is 0 Å². The Balaban J connectivity index is 1.65. The van der Waals surface area contributed by atoms with Crippen LogP contribution in [0.25, 0.3) is 0 Å². The number of benzene rings is 1. The summed E-state index contributed by atoms with van der Waals surface area (Å²) in [5.74, 6) is -0.238. The molecule has 0 aromatic heterocycles. The fraction of sp³-hybridized carbons (Fsp3) is 0.529. The van der Waals surface area contributed by atoms with E-state index in [1.807, 2.05) is 18.2 Å². The lowest BCUT2D eigenvalue weighted by Gasteiger charge is -2.28. The van der Waals surface area contributed by atoms with Gasteiger partial charge in [-0.3, -0.25) is 9.59 Å². The number of nitrogens with two attached hydrogens (primary N) is 1. The molecule has 4 N–H and O–H groups in total.